The lowest BCUT2D eigenvalue weighted by atomic mass is 9.92. The zero-order valence-corrected chi connectivity index (χ0v) is 10.2. The van der Waals surface area contributed by atoms with E-state index in [0.29, 0.717) is 5.92 Å². The van der Waals surface area contributed by atoms with E-state index in [4.69, 9.17) is 0 Å². The Morgan fingerprint density at radius 2 is 2.12 bits per heavy atom. The number of carbonyl (C=O) groups is 2. The molecule has 2 amide bonds. The molecule has 0 spiro atoms. The zero-order chi connectivity index (χ0) is 12.1. The predicted molar refractivity (Wildman–Crippen MR) is 61.9 cm³/mol. The molecule has 2 atom stereocenters. The van der Waals surface area contributed by atoms with Gasteiger partial charge in [0.1, 0.15) is 0 Å². The second-order valence-corrected chi connectivity index (χ2v) is 4.56. The molecule has 0 aromatic heterocycles. The van der Waals surface area contributed by atoms with Crippen molar-refractivity contribution in [2.24, 2.45) is 5.92 Å². The summed E-state index contributed by atoms with van der Waals surface area (Å²) in [4.78, 5) is 24.6. The second kappa shape index (κ2) is 5.84. The van der Waals surface area contributed by atoms with Gasteiger partial charge in [-0.2, -0.15) is 0 Å². The Labute approximate surface area is 96.6 Å². The van der Waals surface area contributed by atoms with Crippen LogP contribution in [0.15, 0.2) is 0 Å². The summed E-state index contributed by atoms with van der Waals surface area (Å²) in [6, 6.07) is -0.149. The van der Waals surface area contributed by atoms with E-state index in [1.54, 1.807) is 14.1 Å². The van der Waals surface area contributed by atoms with Crippen LogP contribution in [-0.4, -0.2) is 49.9 Å². The van der Waals surface area contributed by atoms with Crippen molar-refractivity contribution in [3.05, 3.63) is 0 Å². The fourth-order valence-electron chi connectivity index (χ4n) is 1.83. The smallest absolute Gasteiger partial charge is 0.241 e. The van der Waals surface area contributed by atoms with E-state index in [-0.39, 0.29) is 24.4 Å². The van der Waals surface area contributed by atoms with Gasteiger partial charge in [0, 0.05) is 14.1 Å². The molecule has 0 aromatic carbocycles. The largest absolute Gasteiger partial charge is 0.347 e. The summed E-state index contributed by atoms with van der Waals surface area (Å²) in [5, 5.41) is 5.86. The van der Waals surface area contributed by atoms with Crippen LogP contribution in [0, 0.1) is 5.92 Å². The van der Waals surface area contributed by atoms with Crippen LogP contribution in [0.25, 0.3) is 0 Å². The molecular weight excluding hydrogens is 206 g/mol. The normalized spacial score (nSPS) is 24.9. The molecule has 16 heavy (non-hydrogen) atoms. The van der Waals surface area contributed by atoms with Gasteiger partial charge in [-0.25, -0.2) is 0 Å². The molecule has 2 unspecified atom stereocenters. The Morgan fingerprint density at radius 1 is 1.44 bits per heavy atom. The van der Waals surface area contributed by atoms with Gasteiger partial charge in [0.05, 0.1) is 12.6 Å². The summed E-state index contributed by atoms with van der Waals surface area (Å²) < 4.78 is 0. The lowest BCUT2D eigenvalue weighted by Crippen LogP contribution is -2.52. The van der Waals surface area contributed by atoms with Gasteiger partial charge in [0.2, 0.25) is 11.8 Å². The number of carbonyl (C=O) groups excluding carboxylic acids is 2. The van der Waals surface area contributed by atoms with Gasteiger partial charge in [0.25, 0.3) is 0 Å². The first-order valence-corrected chi connectivity index (χ1v) is 5.73. The molecule has 0 radical (unpaired) electrons. The molecule has 0 bridgehead atoms. The highest BCUT2D eigenvalue weighted by Crippen LogP contribution is 2.15. The van der Waals surface area contributed by atoms with Crippen LogP contribution >= 0.6 is 0 Å². The third kappa shape index (κ3) is 3.48. The van der Waals surface area contributed by atoms with Crippen molar-refractivity contribution in [1.29, 1.82) is 0 Å². The summed E-state index contributed by atoms with van der Waals surface area (Å²) in [7, 11) is 3.35. The van der Waals surface area contributed by atoms with Crippen molar-refractivity contribution >= 4 is 11.8 Å². The molecule has 1 fully saturated rings. The van der Waals surface area contributed by atoms with E-state index in [9.17, 15) is 9.59 Å². The van der Waals surface area contributed by atoms with Crippen LogP contribution in [0.5, 0.6) is 0 Å². The zero-order valence-electron chi connectivity index (χ0n) is 10.2. The Morgan fingerprint density at radius 3 is 2.69 bits per heavy atom. The summed E-state index contributed by atoms with van der Waals surface area (Å²) in [6.45, 7) is 3.02. The first kappa shape index (κ1) is 13.0. The fraction of sp³-hybridized carbons (Fsp3) is 0.818. The SMILES string of the molecule is CC1CCCNC1C(=O)NCC(=O)N(C)C. The van der Waals surface area contributed by atoms with Crippen molar-refractivity contribution < 1.29 is 9.59 Å². The molecule has 1 aliphatic rings. The highest BCUT2D eigenvalue weighted by Gasteiger charge is 2.27. The highest BCUT2D eigenvalue weighted by atomic mass is 16.2. The van der Waals surface area contributed by atoms with Crippen molar-refractivity contribution in [1.82, 2.24) is 15.5 Å². The van der Waals surface area contributed by atoms with Gasteiger partial charge in [0.15, 0.2) is 0 Å². The molecule has 1 aliphatic heterocycles. The molecule has 5 nitrogen and oxygen atoms in total. The lowest BCUT2D eigenvalue weighted by molar-refractivity contribution is -0.132. The van der Waals surface area contributed by atoms with E-state index in [1.807, 2.05) is 0 Å². The molecule has 2 N–H and O–H groups in total. The van der Waals surface area contributed by atoms with Crippen LogP contribution in [0.2, 0.25) is 0 Å². The van der Waals surface area contributed by atoms with Gasteiger partial charge in [-0.1, -0.05) is 6.92 Å². The second-order valence-electron chi connectivity index (χ2n) is 4.56. The van der Waals surface area contributed by atoms with E-state index in [0.717, 1.165) is 19.4 Å². The maximum atomic E-state index is 11.8. The minimum Gasteiger partial charge on any atom is -0.347 e. The summed E-state index contributed by atoms with van der Waals surface area (Å²) in [6.07, 6.45) is 2.17. The minimum absolute atomic E-state index is 0.0672. The number of piperidine rings is 1. The van der Waals surface area contributed by atoms with Crippen molar-refractivity contribution in [3.63, 3.8) is 0 Å². The Bertz CT molecular complexity index is 266. The molecule has 0 saturated carbocycles. The molecule has 0 aromatic rings. The van der Waals surface area contributed by atoms with Crippen molar-refractivity contribution in [3.8, 4) is 0 Å². The van der Waals surface area contributed by atoms with E-state index >= 15 is 0 Å². The first-order chi connectivity index (χ1) is 7.52. The quantitative estimate of drug-likeness (QED) is 0.688. The van der Waals surface area contributed by atoms with Crippen LogP contribution in [0.1, 0.15) is 19.8 Å². The van der Waals surface area contributed by atoms with E-state index in [2.05, 4.69) is 17.6 Å². The average molecular weight is 227 g/mol. The third-order valence-corrected chi connectivity index (χ3v) is 2.96. The number of hydrogen-bond acceptors (Lipinski definition) is 3. The maximum Gasteiger partial charge on any atom is 0.241 e. The molecule has 1 heterocycles. The Hall–Kier alpha value is -1.10. The van der Waals surface area contributed by atoms with Gasteiger partial charge in [-0.05, 0) is 25.3 Å². The minimum atomic E-state index is -0.149. The summed E-state index contributed by atoms with van der Waals surface area (Å²) >= 11 is 0. The lowest BCUT2D eigenvalue weighted by Gasteiger charge is -2.28. The topological polar surface area (TPSA) is 61.4 Å². The third-order valence-electron chi connectivity index (χ3n) is 2.96. The molecule has 5 heteroatoms. The standard InChI is InChI=1S/C11H21N3O2/c1-8-5-4-6-12-10(8)11(16)13-7-9(15)14(2)3/h8,10,12H,4-7H2,1-3H3,(H,13,16). The molecule has 92 valence electrons. The van der Waals surface area contributed by atoms with Crippen molar-refractivity contribution in [2.45, 2.75) is 25.8 Å². The number of nitrogens with one attached hydrogen (secondary N) is 2. The van der Waals surface area contributed by atoms with Crippen LogP contribution < -0.4 is 10.6 Å². The predicted octanol–water partition coefficient (Wildman–Crippen LogP) is -0.421. The summed E-state index contributed by atoms with van der Waals surface area (Å²) in [5.74, 6) is 0.183. The van der Waals surface area contributed by atoms with Gasteiger partial charge in [-0.3, -0.25) is 9.59 Å². The number of rotatable bonds is 3. The van der Waals surface area contributed by atoms with Gasteiger partial charge >= 0.3 is 0 Å². The Kier molecular flexibility index (Phi) is 4.73. The number of amides is 2. The fourth-order valence-corrected chi connectivity index (χ4v) is 1.83. The van der Waals surface area contributed by atoms with Crippen molar-refractivity contribution in [2.75, 3.05) is 27.2 Å². The average Bonchev–Trinajstić information content (AvgIpc) is 2.25. The maximum absolute atomic E-state index is 11.8. The highest BCUT2D eigenvalue weighted by molar-refractivity contribution is 5.87. The van der Waals surface area contributed by atoms with E-state index in [1.165, 1.54) is 4.90 Å². The van der Waals surface area contributed by atoms with E-state index < -0.39 is 0 Å². The van der Waals surface area contributed by atoms with Gasteiger partial charge < -0.3 is 15.5 Å². The number of nitrogens with zero attached hydrogens (tertiary/aromatic N) is 1. The molecule has 1 saturated heterocycles. The van der Waals surface area contributed by atoms with Gasteiger partial charge in [-0.15, -0.1) is 0 Å². The monoisotopic (exact) mass is 227 g/mol. The van der Waals surface area contributed by atoms with Crippen LogP contribution in [0.4, 0.5) is 0 Å². The summed E-state index contributed by atoms with van der Waals surface area (Å²) in [5.41, 5.74) is 0. The number of hydrogen-bond donors (Lipinski definition) is 2. The molecular formula is C11H21N3O2. The Balaban J connectivity index is 2.36. The van der Waals surface area contributed by atoms with Crippen LogP contribution in [0.3, 0.4) is 0 Å². The van der Waals surface area contributed by atoms with Crippen LogP contribution in [-0.2, 0) is 9.59 Å². The number of likely N-dealkylation sites (N-methyl/N-ethyl adjacent to an activating group) is 1. The first-order valence-electron chi connectivity index (χ1n) is 5.73. The molecule has 0 aliphatic carbocycles. The molecule has 1 rings (SSSR count).